The first kappa shape index (κ1) is 26.8. The molecule has 37 heavy (non-hydrogen) atoms. The maximum Gasteiger partial charge on any atom is 0.255 e. The van der Waals surface area contributed by atoms with Crippen molar-refractivity contribution in [1.82, 2.24) is 10.2 Å². The molecule has 4 rings (SSSR count). The number of nitrogens with zero attached hydrogens (tertiary/aromatic N) is 1. The molecule has 0 bridgehead atoms. The molecule has 2 aromatic carbocycles. The molecule has 3 N–H and O–H groups in total. The third kappa shape index (κ3) is 6.19. The van der Waals surface area contributed by atoms with Gasteiger partial charge in [0, 0.05) is 54.5 Å². The Morgan fingerprint density at radius 3 is 2.59 bits per heavy atom. The molecule has 2 unspecified atom stereocenters. The molecule has 2 atom stereocenters. The number of carbonyl (C=O) groups excluding carboxylic acids is 1. The quantitative estimate of drug-likeness (QED) is 0.485. The molecule has 7 nitrogen and oxygen atoms in total. The molecule has 1 amide bonds. The first-order chi connectivity index (χ1) is 17.5. The summed E-state index contributed by atoms with van der Waals surface area (Å²) in [4.78, 5) is 15.9. The van der Waals surface area contributed by atoms with Crippen molar-refractivity contribution in [2.45, 2.75) is 43.2 Å². The molecule has 0 aromatic heterocycles. The van der Waals surface area contributed by atoms with E-state index in [2.05, 4.69) is 10.6 Å². The monoisotopic (exact) mass is 530 g/mol. The number of ether oxygens (including phenoxy) is 1. The summed E-state index contributed by atoms with van der Waals surface area (Å²) in [6, 6.07) is 13.9. The second-order valence-electron chi connectivity index (χ2n) is 9.47. The minimum atomic E-state index is -2.96. The highest BCUT2D eigenvalue weighted by molar-refractivity contribution is 7.91. The second kappa shape index (κ2) is 10.6. The summed E-state index contributed by atoms with van der Waals surface area (Å²) in [5, 5.41) is 6.18. The standard InChI is InChI=1S/C27H32F2N4O3S/c1-18-23(19-8-10-21(36-2)11-9-19)17-31-25(33-14-5-12-27(28,29)13-15-33)24(18)26(34)32-20-6-4-7-22(16-20)37(3,30)35/h4,6-11,16-17,25,30-31H,5,12-15H2,1-3H3,(H,32,34). The fraction of sp³-hybridized carbons (Fsp3) is 0.370. The smallest absolute Gasteiger partial charge is 0.255 e. The van der Waals surface area contributed by atoms with Gasteiger partial charge in [-0.25, -0.2) is 17.8 Å². The third-order valence-electron chi connectivity index (χ3n) is 6.77. The van der Waals surface area contributed by atoms with E-state index in [1.165, 1.54) is 12.3 Å². The third-order valence-corrected chi connectivity index (χ3v) is 7.93. The number of amides is 1. The summed E-state index contributed by atoms with van der Waals surface area (Å²) in [6.07, 6.45) is 2.43. The van der Waals surface area contributed by atoms with Gasteiger partial charge in [-0.15, -0.1) is 0 Å². The number of dihydropyridines is 1. The number of hydrogen-bond acceptors (Lipinski definition) is 6. The summed E-state index contributed by atoms with van der Waals surface area (Å²) >= 11 is 0. The summed E-state index contributed by atoms with van der Waals surface area (Å²) < 4.78 is 53.5. The molecule has 2 heterocycles. The van der Waals surface area contributed by atoms with E-state index >= 15 is 0 Å². The van der Waals surface area contributed by atoms with Crippen LogP contribution in [0.25, 0.3) is 5.57 Å². The van der Waals surface area contributed by atoms with Crippen LogP contribution in [0.15, 0.2) is 70.8 Å². The topological polar surface area (TPSA) is 94.5 Å². The molecule has 1 fully saturated rings. The fourth-order valence-corrected chi connectivity index (χ4v) is 5.40. The van der Waals surface area contributed by atoms with Crippen LogP contribution in [0, 0.1) is 4.78 Å². The van der Waals surface area contributed by atoms with Crippen LogP contribution < -0.4 is 15.4 Å². The van der Waals surface area contributed by atoms with E-state index in [4.69, 9.17) is 9.52 Å². The number of halogens is 2. The Morgan fingerprint density at radius 1 is 1.19 bits per heavy atom. The Morgan fingerprint density at radius 2 is 1.92 bits per heavy atom. The highest BCUT2D eigenvalue weighted by atomic mass is 32.2. The van der Waals surface area contributed by atoms with Gasteiger partial charge in [0.1, 0.15) is 11.9 Å². The van der Waals surface area contributed by atoms with Crippen LogP contribution in [0.5, 0.6) is 5.75 Å². The number of allylic oxidation sites excluding steroid dienone is 2. The molecule has 0 aliphatic carbocycles. The van der Waals surface area contributed by atoms with Crippen LogP contribution in [-0.4, -0.2) is 53.6 Å². The van der Waals surface area contributed by atoms with Crippen LogP contribution in [0.1, 0.15) is 31.7 Å². The largest absolute Gasteiger partial charge is 0.497 e. The average molecular weight is 531 g/mol. The molecule has 10 heteroatoms. The Labute approximate surface area is 216 Å². The zero-order chi connectivity index (χ0) is 26.8. The predicted octanol–water partition coefficient (Wildman–Crippen LogP) is 5.08. The first-order valence-corrected chi connectivity index (χ1v) is 14.0. The van der Waals surface area contributed by atoms with Gasteiger partial charge >= 0.3 is 0 Å². The maximum absolute atomic E-state index is 14.1. The number of anilines is 1. The summed E-state index contributed by atoms with van der Waals surface area (Å²) in [5.74, 6) is -2.41. The van der Waals surface area contributed by atoms with Gasteiger partial charge in [-0.2, -0.15) is 0 Å². The van der Waals surface area contributed by atoms with E-state index in [-0.39, 0.29) is 19.4 Å². The molecular formula is C27H32F2N4O3S. The molecule has 2 aliphatic rings. The van der Waals surface area contributed by atoms with Gasteiger partial charge in [0.15, 0.2) is 0 Å². The number of nitrogens with one attached hydrogen (secondary N) is 3. The lowest BCUT2D eigenvalue weighted by molar-refractivity contribution is -0.113. The number of likely N-dealkylation sites (tertiary alicyclic amines) is 1. The molecule has 2 aromatic rings. The number of alkyl halides is 2. The normalized spacial score (nSPS) is 21.8. The maximum atomic E-state index is 14.1. The van der Waals surface area contributed by atoms with Crippen LogP contribution in [-0.2, 0) is 14.5 Å². The molecule has 1 saturated heterocycles. The summed E-state index contributed by atoms with van der Waals surface area (Å²) in [7, 11) is -1.38. The van der Waals surface area contributed by atoms with E-state index in [1.807, 2.05) is 42.3 Å². The molecule has 0 radical (unpaired) electrons. The van der Waals surface area contributed by atoms with E-state index < -0.39 is 27.7 Å². The highest BCUT2D eigenvalue weighted by Crippen LogP contribution is 2.35. The van der Waals surface area contributed by atoms with Gasteiger partial charge in [-0.1, -0.05) is 18.2 Å². The van der Waals surface area contributed by atoms with E-state index in [0.29, 0.717) is 34.9 Å². The van der Waals surface area contributed by atoms with E-state index in [9.17, 15) is 17.8 Å². The number of methoxy groups -OCH3 is 1. The molecular weight excluding hydrogens is 498 g/mol. The molecule has 0 spiro atoms. The predicted molar refractivity (Wildman–Crippen MR) is 141 cm³/mol. The van der Waals surface area contributed by atoms with Gasteiger partial charge in [-0.3, -0.25) is 9.69 Å². The lowest BCUT2D eigenvalue weighted by atomic mass is 9.90. The van der Waals surface area contributed by atoms with Gasteiger partial charge in [-0.05, 0) is 54.8 Å². The number of hydrogen-bond donors (Lipinski definition) is 3. The minimum Gasteiger partial charge on any atom is -0.497 e. The lowest BCUT2D eigenvalue weighted by Crippen LogP contribution is -2.50. The Bertz CT molecular complexity index is 1340. The molecule has 2 aliphatic heterocycles. The Kier molecular flexibility index (Phi) is 7.70. The van der Waals surface area contributed by atoms with Crippen molar-refractivity contribution in [3.8, 4) is 5.75 Å². The number of benzene rings is 2. The Balaban J connectivity index is 1.70. The van der Waals surface area contributed by atoms with Gasteiger partial charge in [0.25, 0.3) is 5.91 Å². The second-order valence-corrected chi connectivity index (χ2v) is 11.6. The summed E-state index contributed by atoms with van der Waals surface area (Å²) in [5.41, 5.74) is 3.23. The van der Waals surface area contributed by atoms with Gasteiger partial charge in [0.05, 0.1) is 22.4 Å². The van der Waals surface area contributed by atoms with Crippen molar-refractivity contribution in [2.75, 3.05) is 31.8 Å². The highest BCUT2D eigenvalue weighted by Gasteiger charge is 2.37. The fourth-order valence-electron chi connectivity index (χ4n) is 4.71. The van der Waals surface area contributed by atoms with Crippen molar-refractivity contribution in [2.24, 2.45) is 0 Å². The van der Waals surface area contributed by atoms with Gasteiger partial charge < -0.3 is 15.4 Å². The molecule has 198 valence electrons. The lowest BCUT2D eigenvalue weighted by Gasteiger charge is -2.36. The van der Waals surface area contributed by atoms with Crippen LogP contribution >= 0.6 is 0 Å². The zero-order valence-electron chi connectivity index (χ0n) is 21.1. The van der Waals surface area contributed by atoms with Crippen molar-refractivity contribution in [1.29, 1.82) is 4.78 Å². The number of rotatable bonds is 6. The zero-order valence-corrected chi connectivity index (χ0v) is 22.0. The van der Waals surface area contributed by atoms with Crippen molar-refractivity contribution in [3.63, 3.8) is 0 Å². The van der Waals surface area contributed by atoms with Crippen LogP contribution in [0.2, 0.25) is 0 Å². The van der Waals surface area contributed by atoms with Crippen molar-refractivity contribution < 1.29 is 22.5 Å². The SMILES string of the molecule is COc1ccc(C2=CNC(N3CCCC(F)(F)CC3)C(C(=O)Nc3cccc(S(C)(=N)=O)c3)=C2C)cc1. The molecule has 0 saturated carbocycles. The van der Waals surface area contributed by atoms with Crippen LogP contribution in [0.3, 0.4) is 0 Å². The van der Waals surface area contributed by atoms with E-state index in [0.717, 1.165) is 16.7 Å². The van der Waals surface area contributed by atoms with Crippen molar-refractivity contribution >= 4 is 26.9 Å². The van der Waals surface area contributed by atoms with Gasteiger partial charge in [0.2, 0.25) is 5.92 Å². The Hall–Kier alpha value is -3.24. The average Bonchev–Trinajstić information content (AvgIpc) is 3.03. The van der Waals surface area contributed by atoms with E-state index in [1.54, 1.807) is 25.3 Å². The minimum absolute atomic E-state index is 0.145. The van der Waals surface area contributed by atoms with Crippen LogP contribution in [0.4, 0.5) is 14.5 Å². The summed E-state index contributed by atoms with van der Waals surface area (Å²) in [6.45, 7) is 2.42. The van der Waals surface area contributed by atoms with Crippen molar-refractivity contribution in [3.05, 3.63) is 71.4 Å². The number of carbonyl (C=O) groups is 1. The first-order valence-electron chi connectivity index (χ1n) is 12.1.